The molecule has 1 fully saturated rings. The number of hydrogen-bond donors (Lipinski definition) is 1. The lowest BCUT2D eigenvalue weighted by atomic mass is 9.96. The number of halogens is 3. The number of alkyl halides is 2. The van der Waals surface area contributed by atoms with Crippen LogP contribution in [0.25, 0.3) is 0 Å². The summed E-state index contributed by atoms with van der Waals surface area (Å²) in [6.45, 7) is 0.987. The maximum atomic E-state index is 13.8. The molecule has 0 aliphatic carbocycles. The number of carbonyl (C=O) groups is 2. The standard InChI is InChI=1S/C15H18BrF2N3O3/c1-9-2-3-11(16)20-12(9)13(22)21-8-15(17,18)6-4-10(21)5-7-24-14(19)23/h2-3,10H,4-8H2,1H3,(H2,19,23)/t10-/m1/s1. The quantitative estimate of drug-likeness (QED) is 0.780. The van der Waals surface area contributed by atoms with Crippen LogP contribution in [0.1, 0.15) is 35.3 Å². The molecule has 2 amide bonds. The second kappa shape index (κ2) is 7.42. The highest BCUT2D eigenvalue weighted by Crippen LogP contribution is 2.32. The number of ether oxygens (including phenoxy) is 1. The Morgan fingerprint density at radius 3 is 2.88 bits per heavy atom. The van der Waals surface area contributed by atoms with Crippen molar-refractivity contribution in [2.75, 3.05) is 13.2 Å². The lowest BCUT2D eigenvalue weighted by molar-refractivity contribution is -0.0747. The zero-order chi connectivity index (χ0) is 17.9. The van der Waals surface area contributed by atoms with E-state index in [1.54, 1.807) is 19.1 Å². The Kier molecular flexibility index (Phi) is 5.74. The van der Waals surface area contributed by atoms with Crippen molar-refractivity contribution < 1.29 is 23.1 Å². The van der Waals surface area contributed by atoms with Gasteiger partial charge in [-0.3, -0.25) is 4.79 Å². The molecule has 0 aromatic carbocycles. The third-order valence-electron chi connectivity index (χ3n) is 3.91. The summed E-state index contributed by atoms with van der Waals surface area (Å²) >= 11 is 3.18. The second-order valence-electron chi connectivity index (χ2n) is 5.74. The van der Waals surface area contributed by atoms with Gasteiger partial charge in [0.25, 0.3) is 11.8 Å². The van der Waals surface area contributed by atoms with Crippen LogP contribution in [0.4, 0.5) is 13.6 Å². The first kappa shape index (κ1) is 18.6. The van der Waals surface area contributed by atoms with Crippen molar-refractivity contribution in [3.63, 3.8) is 0 Å². The predicted molar refractivity (Wildman–Crippen MR) is 85.8 cm³/mol. The van der Waals surface area contributed by atoms with Gasteiger partial charge in [-0.05, 0) is 40.9 Å². The van der Waals surface area contributed by atoms with E-state index in [1.165, 1.54) is 0 Å². The van der Waals surface area contributed by atoms with Gasteiger partial charge in [0.2, 0.25) is 0 Å². The van der Waals surface area contributed by atoms with Gasteiger partial charge in [0, 0.05) is 18.9 Å². The number of carbonyl (C=O) groups excluding carboxylic acids is 2. The number of aryl methyl sites for hydroxylation is 1. The van der Waals surface area contributed by atoms with Crippen molar-refractivity contribution in [2.45, 2.75) is 38.2 Å². The van der Waals surface area contributed by atoms with Gasteiger partial charge in [-0.2, -0.15) is 0 Å². The fraction of sp³-hybridized carbons (Fsp3) is 0.533. The van der Waals surface area contributed by atoms with Crippen LogP contribution in [-0.4, -0.2) is 47.0 Å². The summed E-state index contributed by atoms with van der Waals surface area (Å²) < 4.78 is 32.7. The summed E-state index contributed by atoms with van der Waals surface area (Å²) in [7, 11) is 0. The van der Waals surface area contributed by atoms with E-state index in [-0.39, 0.29) is 31.6 Å². The van der Waals surface area contributed by atoms with Gasteiger partial charge in [-0.25, -0.2) is 18.6 Å². The van der Waals surface area contributed by atoms with Crippen LogP contribution >= 0.6 is 15.9 Å². The van der Waals surface area contributed by atoms with Crippen molar-refractivity contribution in [3.8, 4) is 0 Å². The maximum Gasteiger partial charge on any atom is 0.404 e. The van der Waals surface area contributed by atoms with Crippen LogP contribution in [0, 0.1) is 6.92 Å². The van der Waals surface area contributed by atoms with Crippen LogP contribution in [0.3, 0.4) is 0 Å². The van der Waals surface area contributed by atoms with Gasteiger partial charge < -0.3 is 15.4 Å². The molecule has 0 saturated carbocycles. The molecule has 0 spiro atoms. The Morgan fingerprint density at radius 1 is 1.50 bits per heavy atom. The molecule has 0 radical (unpaired) electrons. The molecule has 0 unspecified atom stereocenters. The van der Waals surface area contributed by atoms with E-state index in [4.69, 9.17) is 5.73 Å². The minimum Gasteiger partial charge on any atom is -0.450 e. The molecule has 2 rings (SSSR count). The highest BCUT2D eigenvalue weighted by atomic mass is 79.9. The number of pyridine rings is 1. The first-order chi connectivity index (χ1) is 11.2. The Labute approximate surface area is 146 Å². The molecular weight excluding hydrogens is 388 g/mol. The van der Waals surface area contributed by atoms with Crippen LogP contribution in [-0.2, 0) is 4.74 Å². The molecule has 2 heterocycles. The van der Waals surface area contributed by atoms with E-state index in [0.29, 0.717) is 10.2 Å². The molecule has 6 nitrogen and oxygen atoms in total. The summed E-state index contributed by atoms with van der Waals surface area (Å²) in [6, 6.07) is 2.91. The SMILES string of the molecule is Cc1ccc(Br)nc1C(=O)N1CC(F)(F)CC[C@@H]1CCOC(N)=O. The van der Waals surface area contributed by atoms with E-state index in [0.717, 1.165) is 4.90 Å². The Balaban J connectivity index is 2.21. The summed E-state index contributed by atoms with van der Waals surface area (Å²) in [4.78, 5) is 28.6. The molecule has 1 aromatic rings. The zero-order valence-electron chi connectivity index (χ0n) is 13.1. The zero-order valence-corrected chi connectivity index (χ0v) is 14.7. The van der Waals surface area contributed by atoms with Crippen molar-refractivity contribution >= 4 is 27.9 Å². The highest BCUT2D eigenvalue weighted by Gasteiger charge is 2.42. The molecule has 1 atom stereocenters. The van der Waals surface area contributed by atoms with E-state index in [2.05, 4.69) is 25.7 Å². The van der Waals surface area contributed by atoms with Gasteiger partial charge in [0.05, 0.1) is 13.2 Å². The normalized spacial score (nSPS) is 19.8. The molecule has 132 valence electrons. The maximum absolute atomic E-state index is 13.8. The first-order valence-electron chi connectivity index (χ1n) is 7.44. The summed E-state index contributed by atoms with van der Waals surface area (Å²) in [5.41, 5.74) is 5.63. The number of nitrogens with two attached hydrogens (primary N) is 1. The predicted octanol–water partition coefficient (Wildman–Crippen LogP) is 2.88. The Hall–Kier alpha value is -1.77. The van der Waals surface area contributed by atoms with E-state index in [9.17, 15) is 18.4 Å². The van der Waals surface area contributed by atoms with E-state index >= 15 is 0 Å². The molecule has 1 aliphatic heterocycles. The van der Waals surface area contributed by atoms with Gasteiger partial charge in [0.1, 0.15) is 10.3 Å². The second-order valence-corrected chi connectivity index (χ2v) is 6.55. The highest BCUT2D eigenvalue weighted by molar-refractivity contribution is 9.10. The number of amides is 2. The van der Waals surface area contributed by atoms with Crippen LogP contribution in [0.15, 0.2) is 16.7 Å². The van der Waals surface area contributed by atoms with Gasteiger partial charge in [-0.15, -0.1) is 0 Å². The lowest BCUT2D eigenvalue weighted by Crippen LogP contribution is -2.52. The average molecular weight is 406 g/mol. The molecule has 9 heteroatoms. The molecule has 1 saturated heterocycles. The average Bonchev–Trinajstić information content (AvgIpc) is 2.49. The van der Waals surface area contributed by atoms with Crippen molar-refractivity contribution in [3.05, 3.63) is 28.0 Å². The third-order valence-corrected chi connectivity index (χ3v) is 4.35. The Morgan fingerprint density at radius 2 is 2.21 bits per heavy atom. The Bertz CT molecular complexity index is 642. The fourth-order valence-electron chi connectivity index (χ4n) is 2.68. The molecular formula is C15H18BrF2N3O3. The molecule has 1 aromatic heterocycles. The number of primary amides is 1. The van der Waals surface area contributed by atoms with Crippen LogP contribution in [0.5, 0.6) is 0 Å². The van der Waals surface area contributed by atoms with E-state index in [1.807, 2.05) is 0 Å². The fourth-order valence-corrected chi connectivity index (χ4v) is 2.99. The van der Waals surface area contributed by atoms with E-state index < -0.39 is 30.5 Å². The van der Waals surface area contributed by atoms with Crippen LogP contribution < -0.4 is 5.73 Å². The lowest BCUT2D eigenvalue weighted by Gasteiger charge is -2.39. The van der Waals surface area contributed by atoms with Crippen molar-refractivity contribution in [1.82, 2.24) is 9.88 Å². The number of hydrogen-bond acceptors (Lipinski definition) is 4. The third kappa shape index (κ3) is 4.62. The summed E-state index contributed by atoms with van der Waals surface area (Å²) in [5.74, 6) is -3.51. The number of piperidine rings is 1. The van der Waals surface area contributed by atoms with Gasteiger partial charge in [-0.1, -0.05) is 6.07 Å². The first-order valence-corrected chi connectivity index (χ1v) is 8.23. The largest absolute Gasteiger partial charge is 0.450 e. The van der Waals surface area contributed by atoms with Crippen LogP contribution in [0.2, 0.25) is 0 Å². The molecule has 1 aliphatic rings. The summed E-state index contributed by atoms with van der Waals surface area (Å²) in [5, 5.41) is 0. The van der Waals surface area contributed by atoms with Crippen molar-refractivity contribution in [2.24, 2.45) is 5.73 Å². The minimum absolute atomic E-state index is 0.0275. The van der Waals surface area contributed by atoms with Gasteiger partial charge in [0.15, 0.2) is 0 Å². The molecule has 24 heavy (non-hydrogen) atoms. The number of aromatic nitrogens is 1. The minimum atomic E-state index is -2.95. The number of nitrogens with zero attached hydrogens (tertiary/aromatic N) is 2. The van der Waals surface area contributed by atoms with Gasteiger partial charge >= 0.3 is 6.09 Å². The summed E-state index contributed by atoms with van der Waals surface area (Å²) in [6.07, 6.45) is -0.882. The topological polar surface area (TPSA) is 85.5 Å². The van der Waals surface area contributed by atoms with Crippen molar-refractivity contribution in [1.29, 1.82) is 0 Å². The number of likely N-dealkylation sites (tertiary alicyclic amines) is 1. The number of rotatable bonds is 4. The monoisotopic (exact) mass is 405 g/mol. The smallest absolute Gasteiger partial charge is 0.404 e. The molecule has 2 N–H and O–H groups in total. The molecule has 0 bridgehead atoms.